The maximum absolute atomic E-state index is 12.3. The number of nitrogens with zero attached hydrogens (tertiary/aromatic N) is 3. The van der Waals surface area contributed by atoms with Gasteiger partial charge < -0.3 is 4.57 Å². The van der Waals surface area contributed by atoms with Crippen LogP contribution >= 0.6 is 11.8 Å². The van der Waals surface area contributed by atoms with Gasteiger partial charge in [0.1, 0.15) is 9.84 Å². The Labute approximate surface area is 126 Å². The topological polar surface area (TPSA) is 55.2 Å². The molecular weight excluding hydrogens is 327 g/mol. The fourth-order valence-corrected chi connectivity index (χ4v) is 2.80. The molecule has 21 heavy (non-hydrogen) atoms. The van der Waals surface area contributed by atoms with E-state index in [-0.39, 0.29) is 22.7 Å². The summed E-state index contributed by atoms with van der Waals surface area (Å²) in [6.45, 7) is 3.16. The summed E-state index contributed by atoms with van der Waals surface area (Å²) in [6, 6.07) is 0. The largest absolute Gasteiger partial charge is 0.449 e. The molecule has 10 heteroatoms. The summed E-state index contributed by atoms with van der Waals surface area (Å²) in [6.07, 6.45) is 2.54. The van der Waals surface area contributed by atoms with Gasteiger partial charge in [0.15, 0.2) is 5.16 Å². The molecule has 0 spiro atoms. The lowest BCUT2D eigenvalue weighted by Gasteiger charge is -2.20. The van der Waals surface area contributed by atoms with Crippen LogP contribution in [0, 0.1) is 0 Å². The van der Waals surface area contributed by atoms with Crippen molar-refractivity contribution in [3.63, 3.8) is 0 Å². The van der Waals surface area contributed by atoms with Crippen LogP contribution in [0.2, 0.25) is 0 Å². The van der Waals surface area contributed by atoms with Crippen LogP contribution in [-0.2, 0) is 23.4 Å². The molecule has 0 aliphatic carbocycles. The average Bonchev–Trinajstić information content (AvgIpc) is 2.63. The zero-order valence-electron chi connectivity index (χ0n) is 12.0. The van der Waals surface area contributed by atoms with Gasteiger partial charge in [-0.25, -0.2) is 13.4 Å². The van der Waals surface area contributed by atoms with Crippen molar-refractivity contribution in [2.75, 3.05) is 25.1 Å². The average molecular weight is 345 g/mol. The number of aromatic nitrogens is 2. The first-order chi connectivity index (χ1) is 9.52. The van der Waals surface area contributed by atoms with Crippen molar-refractivity contribution >= 4 is 21.6 Å². The van der Waals surface area contributed by atoms with Crippen molar-refractivity contribution in [1.82, 2.24) is 14.5 Å². The van der Waals surface area contributed by atoms with Gasteiger partial charge >= 0.3 is 5.51 Å². The van der Waals surface area contributed by atoms with E-state index in [0.717, 1.165) is 6.26 Å². The molecule has 0 saturated heterocycles. The third-order valence-corrected chi connectivity index (χ3v) is 4.58. The van der Waals surface area contributed by atoms with E-state index in [4.69, 9.17) is 0 Å². The normalized spacial score (nSPS) is 13.1. The first-order valence-electron chi connectivity index (χ1n) is 6.18. The van der Waals surface area contributed by atoms with E-state index >= 15 is 0 Å². The molecular formula is C11H18F3N3O2S2. The number of hydrogen-bond acceptors (Lipinski definition) is 5. The van der Waals surface area contributed by atoms with E-state index < -0.39 is 15.3 Å². The highest BCUT2D eigenvalue weighted by Gasteiger charge is 2.32. The number of thioether (sulfide) groups is 1. The number of alkyl halides is 3. The van der Waals surface area contributed by atoms with Gasteiger partial charge in [0.05, 0.1) is 17.6 Å². The molecule has 0 aromatic carbocycles. The highest BCUT2D eigenvalue weighted by atomic mass is 32.2. The van der Waals surface area contributed by atoms with E-state index in [9.17, 15) is 21.6 Å². The van der Waals surface area contributed by atoms with Crippen LogP contribution in [-0.4, -0.2) is 53.5 Å². The lowest BCUT2D eigenvalue weighted by atomic mass is 10.4. The van der Waals surface area contributed by atoms with E-state index in [1.807, 2.05) is 11.8 Å². The Kier molecular flexibility index (Phi) is 6.11. The maximum Gasteiger partial charge on any atom is 0.449 e. The van der Waals surface area contributed by atoms with E-state index in [2.05, 4.69) is 4.98 Å². The van der Waals surface area contributed by atoms with Gasteiger partial charge in [-0.1, -0.05) is 6.92 Å². The van der Waals surface area contributed by atoms with Crippen LogP contribution in [0.3, 0.4) is 0 Å². The first-order valence-corrected chi connectivity index (χ1v) is 9.06. The molecule has 0 saturated carbocycles. The molecule has 0 atom stereocenters. The maximum atomic E-state index is 12.3. The minimum Gasteiger partial charge on any atom is -0.325 e. The smallest absolute Gasteiger partial charge is 0.325 e. The number of hydrogen-bond donors (Lipinski definition) is 0. The van der Waals surface area contributed by atoms with Gasteiger partial charge in [0, 0.05) is 38.2 Å². The lowest BCUT2D eigenvalue weighted by molar-refractivity contribution is -0.0332. The van der Waals surface area contributed by atoms with Gasteiger partial charge in [-0.2, -0.15) is 13.2 Å². The minimum absolute atomic E-state index is 0.0167. The Bertz CT molecular complexity index is 570. The van der Waals surface area contributed by atoms with Crippen molar-refractivity contribution in [3.8, 4) is 0 Å². The van der Waals surface area contributed by atoms with Crippen LogP contribution in [0.1, 0.15) is 12.6 Å². The third-order valence-electron chi connectivity index (χ3n) is 2.86. The van der Waals surface area contributed by atoms with Gasteiger partial charge in [0.25, 0.3) is 0 Å². The molecule has 0 N–H and O–H groups in total. The van der Waals surface area contributed by atoms with Crippen molar-refractivity contribution in [2.45, 2.75) is 24.1 Å². The predicted molar refractivity (Wildman–Crippen MR) is 75.8 cm³/mol. The highest BCUT2D eigenvalue weighted by Crippen LogP contribution is 2.36. The lowest BCUT2D eigenvalue weighted by Crippen LogP contribution is -2.29. The molecule has 1 aromatic rings. The third kappa shape index (κ3) is 6.70. The quantitative estimate of drug-likeness (QED) is 0.707. The van der Waals surface area contributed by atoms with Crippen LogP contribution < -0.4 is 0 Å². The Hall–Kier alpha value is -0.740. The van der Waals surface area contributed by atoms with E-state index in [0.29, 0.717) is 25.3 Å². The van der Waals surface area contributed by atoms with Crippen molar-refractivity contribution in [2.24, 2.45) is 7.05 Å². The SMILES string of the molecule is CCN(CCS(C)(=O)=O)Cc1cnc(SC(F)(F)F)n1C. The number of halogens is 3. The molecule has 0 radical (unpaired) electrons. The monoisotopic (exact) mass is 345 g/mol. The van der Waals surface area contributed by atoms with Crippen molar-refractivity contribution in [3.05, 3.63) is 11.9 Å². The number of sulfone groups is 1. The summed E-state index contributed by atoms with van der Waals surface area (Å²) in [5.41, 5.74) is -3.77. The molecule has 0 unspecified atom stereocenters. The van der Waals surface area contributed by atoms with Gasteiger partial charge in [-0.3, -0.25) is 4.90 Å². The van der Waals surface area contributed by atoms with Crippen LogP contribution in [0.4, 0.5) is 13.2 Å². The molecule has 0 bridgehead atoms. The number of rotatable bonds is 7. The fourth-order valence-electron chi connectivity index (χ4n) is 1.64. The molecule has 122 valence electrons. The molecule has 0 aliphatic rings. The predicted octanol–water partition coefficient (Wildman–Crippen LogP) is 1.90. The first kappa shape index (κ1) is 18.3. The zero-order chi connectivity index (χ0) is 16.3. The van der Waals surface area contributed by atoms with Gasteiger partial charge in [-0.05, 0) is 6.54 Å². The number of imidazole rings is 1. The molecule has 1 rings (SSSR count). The second-order valence-electron chi connectivity index (χ2n) is 4.64. The molecule has 0 aliphatic heterocycles. The summed E-state index contributed by atoms with van der Waals surface area (Å²) in [5.74, 6) is 0.0167. The summed E-state index contributed by atoms with van der Waals surface area (Å²) < 4.78 is 60.7. The summed E-state index contributed by atoms with van der Waals surface area (Å²) in [5, 5.41) is -0.128. The standard InChI is InChI=1S/C11H18F3N3O2S2/c1-4-17(5-6-21(3,18)19)8-9-7-15-10(16(9)2)20-11(12,13)14/h7H,4-6,8H2,1-3H3. The molecule has 5 nitrogen and oxygen atoms in total. The Morgan fingerprint density at radius 1 is 1.43 bits per heavy atom. The van der Waals surface area contributed by atoms with Gasteiger partial charge in [-0.15, -0.1) is 0 Å². The van der Waals surface area contributed by atoms with Crippen molar-refractivity contribution < 1.29 is 21.6 Å². The zero-order valence-corrected chi connectivity index (χ0v) is 13.6. The van der Waals surface area contributed by atoms with Crippen LogP contribution in [0.5, 0.6) is 0 Å². The fraction of sp³-hybridized carbons (Fsp3) is 0.727. The Balaban J connectivity index is 2.73. The second-order valence-corrected chi connectivity index (χ2v) is 7.93. The second kappa shape index (κ2) is 7.01. The molecule has 0 fully saturated rings. The molecule has 1 heterocycles. The Morgan fingerprint density at radius 3 is 2.52 bits per heavy atom. The summed E-state index contributed by atoms with van der Waals surface area (Å²) in [7, 11) is -1.55. The van der Waals surface area contributed by atoms with Crippen LogP contribution in [0.15, 0.2) is 11.4 Å². The molecule has 1 aromatic heterocycles. The summed E-state index contributed by atoms with van der Waals surface area (Å²) in [4.78, 5) is 5.61. The highest BCUT2D eigenvalue weighted by molar-refractivity contribution is 8.00. The Morgan fingerprint density at radius 2 is 2.05 bits per heavy atom. The molecule has 0 amide bonds. The van der Waals surface area contributed by atoms with E-state index in [1.54, 1.807) is 0 Å². The van der Waals surface area contributed by atoms with Gasteiger partial charge in [0.2, 0.25) is 0 Å². The summed E-state index contributed by atoms with van der Waals surface area (Å²) >= 11 is -0.262. The van der Waals surface area contributed by atoms with E-state index in [1.165, 1.54) is 17.8 Å². The van der Waals surface area contributed by atoms with Crippen molar-refractivity contribution in [1.29, 1.82) is 0 Å². The minimum atomic E-state index is -4.38. The van der Waals surface area contributed by atoms with Crippen LogP contribution in [0.25, 0.3) is 0 Å².